The molecular weight excluding hydrogens is 196 g/mol. The second-order valence-corrected chi connectivity index (χ2v) is 6.17. The first-order chi connectivity index (χ1) is 7.74. The van der Waals surface area contributed by atoms with Crippen molar-refractivity contribution in [2.45, 2.75) is 83.2 Å². The van der Waals surface area contributed by atoms with Crippen molar-refractivity contribution in [2.24, 2.45) is 11.8 Å². The molecule has 0 spiro atoms. The van der Waals surface area contributed by atoms with E-state index in [-0.39, 0.29) is 5.60 Å². The molecule has 0 aromatic rings. The molecule has 1 N–H and O–H groups in total. The molecule has 0 saturated heterocycles. The molecule has 0 aromatic carbocycles. The molecule has 0 aliphatic heterocycles. The van der Waals surface area contributed by atoms with Crippen molar-refractivity contribution in [2.75, 3.05) is 0 Å². The summed E-state index contributed by atoms with van der Waals surface area (Å²) in [5.74, 6) is 1.54. The Morgan fingerprint density at radius 3 is 2.19 bits per heavy atom. The molecule has 2 aliphatic carbocycles. The standard InChI is InChI=1S/C15H28O/c1-2-6-13-9-11-15(16,12-10-13)14-7-4-3-5-8-14/h13-14,16H,2-12H2,1H3. The molecule has 0 amide bonds. The molecule has 16 heavy (non-hydrogen) atoms. The van der Waals surface area contributed by atoms with Gasteiger partial charge in [-0.05, 0) is 50.4 Å². The first-order valence-electron chi connectivity index (χ1n) is 7.47. The van der Waals surface area contributed by atoms with Crippen LogP contribution >= 0.6 is 0 Å². The van der Waals surface area contributed by atoms with Gasteiger partial charge in [-0.2, -0.15) is 0 Å². The van der Waals surface area contributed by atoms with Gasteiger partial charge in [-0.1, -0.05) is 39.0 Å². The summed E-state index contributed by atoms with van der Waals surface area (Å²) in [4.78, 5) is 0. The lowest BCUT2D eigenvalue weighted by Crippen LogP contribution is -2.42. The van der Waals surface area contributed by atoms with Crippen LogP contribution in [-0.4, -0.2) is 10.7 Å². The minimum atomic E-state index is -0.273. The van der Waals surface area contributed by atoms with Crippen molar-refractivity contribution in [3.05, 3.63) is 0 Å². The Morgan fingerprint density at radius 2 is 1.62 bits per heavy atom. The van der Waals surface area contributed by atoms with E-state index in [1.165, 1.54) is 57.8 Å². The summed E-state index contributed by atoms with van der Waals surface area (Å²) in [6.07, 6.45) is 14.1. The van der Waals surface area contributed by atoms with Crippen molar-refractivity contribution in [1.82, 2.24) is 0 Å². The van der Waals surface area contributed by atoms with Crippen molar-refractivity contribution < 1.29 is 5.11 Å². The fraction of sp³-hybridized carbons (Fsp3) is 1.00. The van der Waals surface area contributed by atoms with Crippen LogP contribution in [-0.2, 0) is 0 Å². The SMILES string of the molecule is CCCC1CCC(O)(C2CCCCC2)CC1. The van der Waals surface area contributed by atoms with Crippen molar-refractivity contribution in [1.29, 1.82) is 0 Å². The monoisotopic (exact) mass is 224 g/mol. The molecule has 2 fully saturated rings. The lowest BCUT2D eigenvalue weighted by molar-refractivity contribution is -0.0710. The quantitative estimate of drug-likeness (QED) is 0.758. The number of rotatable bonds is 3. The Kier molecular flexibility index (Phi) is 4.29. The third kappa shape index (κ3) is 2.80. The Morgan fingerprint density at radius 1 is 1.00 bits per heavy atom. The summed E-state index contributed by atoms with van der Waals surface area (Å²) in [6.45, 7) is 2.28. The van der Waals surface area contributed by atoms with E-state index in [1.54, 1.807) is 0 Å². The minimum absolute atomic E-state index is 0.273. The zero-order chi connectivity index (χ0) is 11.4. The normalized spacial score (nSPS) is 37.5. The minimum Gasteiger partial charge on any atom is -0.390 e. The van der Waals surface area contributed by atoms with E-state index in [0.29, 0.717) is 5.92 Å². The van der Waals surface area contributed by atoms with Gasteiger partial charge in [0.25, 0.3) is 0 Å². The van der Waals surface area contributed by atoms with Crippen molar-refractivity contribution in [3.63, 3.8) is 0 Å². The summed E-state index contributed by atoms with van der Waals surface area (Å²) in [6, 6.07) is 0. The van der Waals surface area contributed by atoms with Gasteiger partial charge in [-0.15, -0.1) is 0 Å². The van der Waals surface area contributed by atoms with Gasteiger partial charge in [0, 0.05) is 0 Å². The van der Waals surface area contributed by atoms with E-state index in [9.17, 15) is 5.11 Å². The van der Waals surface area contributed by atoms with Gasteiger partial charge in [0.15, 0.2) is 0 Å². The van der Waals surface area contributed by atoms with Gasteiger partial charge in [-0.25, -0.2) is 0 Å². The predicted molar refractivity (Wildman–Crippen MR) is 68.4 cm³/mol. The molecule has 2 saturated carbocycles. The molecule has 0 radical (unpaired) electrons. The molecule has 1 heteroatoms. The van der Waals surface area contributed by atoms with Crippen LogP contribution in [0.3, 0.4) is 0 Å². The molecule has 0 unspecified atom stereocenters. The van der Waals surface area contributed by atoms with Gasteiger partial charge in [0.1, 0.15) is 0 Å². The van der Waals surface area contributed by atoms with E-state index >= 15 is 0 Å². The highest BCUT2D eigenvalue weighted by Gasteiger charge is 2.39. The number of hydrogen-bond acceptors (Lipinski definition) is 1. The van der Waals surface area contributed by atoms with Crippen LogP contribution in [0.4, 0.5) is 0 Å². The topological polar surface area (TPSA) is 20.2 Å². The number of aliphatic hydroxyl groups is 1. The first-order valence-corrected chi connectivity index (χ1v) is 7.47. The van der Waals surface area contributed by atoms with Crippen LogP contribution < -0.4 is 0 Å². The number of hydrogen-bond donors (Lipinski definition) is 1. The maximum Gasteiger partial charge on any atom is 0.0676 e. The van der Waals surface area contributed by atoms with Gasteiger partial charge in [0.2, 0.25) is 0 Å². The summed E-state index contributed by atoms with van der Waals surface area (Å²) in [7, 11) is 0. The summed E-state index contributed by atoms with van der Waals surface area (Å²) < 4.78 is 0. The highest BCUT2D eigenvalue weighted by molar-refractivity contribution is 4.92. The molecule has 0 bridgehead atoms. The van der Waals surface area contributed by atoms with Crippen molar-refractivity contribution >= 4 is 0 Å². The third-order valence-electron chi connectivity index (χ3n) is 5.03. The first kappa shape index (κ1) is 12.4. The molecular formula is C15H28O. The highest BCUT2D eigenvalue weighted by atomic mass is 16.3. The molecule has 0 aromatic heterocycles. The lowest BCUT2D eigenvalue weighted by atomic mass is 9.67. The zero-order valence-electron chi connectivity index (χ0n) is 10.9. The molecule has 2 aliphatic rings. The Labute approximate surface area is 101 Å². The Balaban J connectivity index is 1.84. The van der Waals surface area contributed by atoms with Crippen LogP contribution in [0, 0.1) is 11.8 Å². The Bertz CT molecular complexity index is 197. The maximum atomic E-state index is 10.8. The average molecular weight is 224 g/mol. The van der Waals surface area contributed by atoms with Crippen LogP contribution in [0.25, 0.3) is 0 Å². The smallest absolute Gasteiger partial charge is 0.0676 e. The van der Waals surface area contributed by atoms with Crippen LogP contribution in [0.15, 0.2) is 0 Å². The van der Waals surface area contributed by atoms with E-state index in [1.807, 2.05) is 0 Å². The average Bonchev–Trinajstić information content (AvgIpc) is 2.34. The predicted octanol–water partition coefficient (Wildman–Crippen LogP) is 4.29. The third-order valence-corrected chi connectivity index (χ3v) is 5.03. The van der Waals surface area contributed by atoms with Gasteiger partial charge < -0.3 is 5.11 Å². The maximum absolute atomic E-state index is 10.8. The van der Waals surface area contributed by atoms with E-state index < -0.39 is 0 Å². The summed E-state index contributed by atoms with van der Waals surface area (Å²) >= 11 is 0. The molecule has 94 valence electrons. The van der Waals surface area contributed by atoms with Crippen LogP contribution in [0.2, 0.25) is 0 Å². The fourth-order valence-electron chi connectivity index (χ4n) is 3.92. The lowest BCUT2D eigenvalue weighted by Gasteiger charge is -2.43. The molecule has 0 atom stereocenters. The fourth-order valence-corrected chi connectivity index (χ4v) is 3.92. The van der Waals surface area contributed by atoms with Gasteiger partial charge >= 0.3 is 0 Å². The molecule has 2 rings (SSSR count). The largest absolute Gasteiger partial charge is 0.390 e. The van der Waals surface area contributed by atoms with E-state index in [2.05, 4.69) is 6.92 Å². The molecule has 0 heterocycles. The van der Waals surface area contributed by atoms with E-state index in [0.717, 1.165) is 18.8 Å². The van der Waals surface area contributed by atoms with Crippen molar-refractivity contribution in [3.8, 4) is 0 Å². The summed E-state index contributed by atoms with van der Waals surface area (Å²) in [5.41, 5.74) is -0.273. The van der Waals surface area contributed by atoms with Crippen LogP contribution in [0.5, 0.6) is 0 Å². The van der Waals surface area contributed by atoms with Gasteiger partial charge in [0.05, 0.1) is 5.60 Å². The molecule has 1 nitrogen and oxygen atoms in total. The van der Waals surface area contributed by atoms with Crippen LogP contribution in [0.1, 0.15) is 77.6 Å². The van der Waals surface area contributed by atoms with Gasteiger partial charge in [-0.3, -0.25) is 0 Å². The van der Waals surface area contributed by atoms with E-state index in [4.69, 9.17) is 0 Å². The summed E-state index contributed by atoms with van der Waals surface area (Å²) in [5, 5.41) is 10.8. The second kappa shape index (κ2) is 5.53. The second-order valence-electron chi connectivity index (χ2n) is 6.17. The Hall–Kier alpha value is -0.0400. The highest BCUT2D eigenvalue weighted by Crippen LogP contribution is 2.43. The zero-order valence-corrected chi connectivity index (χ0v) is 10.9.